The third-order valence-electron chi connectivity index (χ3n) is 5.44. The molecule has 0 atom stereocenters. The van der Waals surface area contributed by atoms with Crippen molar-refractivity contribution in [3.63, 3.8) is 0 Å². The highest BCUT2D eigenvalue weighted by Gasteiger charge is 2.32. The molecule has 0 saturated carbocycles. The molecule has 3 rings (SSSR count). The van der Waals surface area contributed by atoms with Crippen LogP contribution in [-0.4, -0.2) is 59.2 Å². The fraction of sp³-hybridized carbons (Fsp3) is 0.435. The summed E-state index contributed by atoms with van der Waals surface area (Å²) in [4.78, 5) is 54.3. The van der Waals surface area contributed by atoms with Crippen molar-refractivity contribution >= 4 is 46.3 Å². The molecule has 3 amide bonds. The van der Waals surface area contributed by atoms with Gasteiger partial charge in [-0.25, -0.2) is 9.59 Å². The Morgan fingerprint density at radius 3 is 2.51 bits per heavy atom. The first-order chi connectivity index (χ1) is 16.8. The Hall–Kier alpha value is -3.51. The van der Waals surface area contributed by atoms with Crippen molar-refractivity contribution in [1.82, 2.24) is 20.6 Å². The zero-order chi connectivity index (χ0) is 25.4. The molecule has 188 valence electrons. The van der Waals surface area contributed by atoms with E-state index in [1.54, 1.807) is 24.3 Å². The number of imide groups is 1. The molecule has 0 spiro atoms. The molecule has 1 fully saturated rings. The molecular weight excluding hydrogens is 476 g/mol. The van der Waals surface area contributed by atoms with E-state index in [1.807, 2.05) is 0 Å². The standard InChI is InChI=1S/C23H28N4O7S/c1-3-26(4-2)10-9-24-23(35)32-14-17-12-16-11-15(5-6-18(16)33-21(17)30)13-25-22(31)34-27-19(28)7-8-20(27)29/h5-6,11-12H,3-4,7-10,13-14H2,1-2H3,(H,24,35)(H,25,31). The Balaban J connectivity index is 1.55. The minimum absolute atomic E-state index is 0.0190. The van der Waals surface area contributed by atoms with E-state index >= 15 is 0 Å². The largest absolute Gasteiger partial charge is 0.466 e. The maximum Gasteiger partial charge on any atom is 0.432 e. The van der Waals surface area contributed by atoms with Crippen molar-refractivity contribution in [2.24, 2.45) is 0 Å². The summed E-state index contributed by atoms with van der Waals surface area (Å²) in [5, 5.41) is 6.79. The van der Waals surface area contributed by atoms with Crippen LogP contribution in [0.2, 0.25) is 0 Å². The fourth-order valence-corrected chi connectivity index (χ4v) is 3.58. The summed E-state index contributed by atoms with van der Waals surface area (Å²) >= 11 is 5.18. The zero-order valence-corrected chi connectivity index (χ0v) is 20.4. The number of benzene rings is 1. The Morgan fingerprint density at radius 1 is 1.11 bits per heavy atom. The monoisotopic (exact) mass is 504 g/mol. The number of ether oxygens (including phenoxy) is 1. The van der Waals surface area contributed by atoms with Crippen LogP contribution in [0.25, 0.3) is 11.0 Å². The number of hydrogen-bond donors (Lipinski definition) is 2. The molecule has 0 radical (unpaired) electrons. The predicted molar refractivity (Wildman–Crippen MR) is 130 cm³/mol. The van der Waals surface area contributed by atoms with Gasteiger partial charge in [-0.2, -0.15) is 0 Å². The highest BCUT2D eigenvalue weighted by atomic mass is 32.1. The van der Waals surface area contributed by atoms with Crippen LogP contribution in [0.15, 0.2) is 33.5 Å². The first kappa shape index (κ1) is 26.1. The first-order valence-electron chi connectivity index (χ1n) is 11.3. The molecule has 1 aliphatic rings. The lowest BCUT2D eigenvalue weighted by molar-refractivity contribution is -0.171. The number of amides is 3. The number of hydroxylamine groups is 2. The molecule has 1 saturated heterocycles. The van der Waals surface area contributed by atoms with Crippen LogP contribution in [0.4, 0.5) is 4.79 Å². The van der Waals surface area contributed by atoms with Crippen molar-refractivity contribution in [3.05, 3.63) is 45.8 Å². The summed E-state index contributed by atoms with van der Waals surface area (Å²) in [6, 6.07) is 6.65. The summed E-state index contributed by atoms with van der Waals surface area (Å²) < 4.78 is 10.9. The SMILES string of the molecule is CCN(CC)CCNC(=S)OCc1cc2cc(CNC(=O)ON3C(=O)CCC3=O)ccc2oc1=O. The number of rotatable bonds is 10. The van der Waals surface area contributed by atoms with Crippen LogP contribution in [0, 0.1) is 0 Å². The van der Waals surface area contributed by atoms with Crippen molar-refractivity contribution in [2.75, 3.05) is 26.2 Å². The van der Waals surface area contributed by atoms with E-state index in [1.165, 1.54) is 0 Å². The van der Waals surface area contributed by atoms with Gasteiger partial charge in [-0.05, 0) is 49.1 Å². The fourth-order valence-electron chi connectivity index (χ4n) is 3.42. The zero-order valence-electron chi connectivity index (χ0n) is 19.6. The van der Waals surface area contributed by atoms with Crippen molar-refractivity contribution < 1.29 is 28.4 Å². The number of thiocarbonyl (C=S) groups is 1. The van der Waals surface area contributed by atoms with Gasteiger partial charge in [-0.3, -0.25) is 9.59 Å². The molecule has 0 aliphatic carbocycles. The average molecular weight is 505 g/mol. The Morgan fingerprint density at radius 2 is 1.83 bits per heavy atom. The molecular formula is C23H28N4O7S. The van der Waals surface area contributed by atoms with Crippen LogP contribution >= 0.6 is 12.2 Å². The lowest BCUT2D eigenvalue weighted by Crippen LogP contribution is -2.36. The molecule has 2 heterocycles. The number of carbonyl (C=O) groups is 3. The molecule has 11 nitrogen and oxygen atoms in total. The van der Waals surface area contributed by atoms with Crippen molar-refractivity contribution in [2.45, 2.75) is 39.8 Å². The van der Waals surface area contributed by atoms with E-state index in [4.69, 9.17) is 26.2 Å². The minimum atomic E-state index is -0.926. The summed E-state index contributed by atoms with van der Waals surface area (Å²) in [6.07, 6.45) is -0.889. The molecule has 1 aromatic carbocycles. The number of nitrogens with zero attached hydrogens (tertiary/aromatic N) is 2. The van der Waals surface area contributed by atoms with E-state index in [0.29, 0.717) is 33.7 Å². The molecule has 35 heavy (non-hydrogen) atoms. The van der Waals surface area contributed by atoms with Crippen molar-refractivity contribution in [1.29, 1.82) is 0 Å². The van der Waals surface area contributed by atoms with Crippen LogP contribution in [0.1, 0.15) is 37.8 Å². The summed E-state index contributed by atoms with van der Waals surface area (Å²) in [5.74, 6) is -1.11. The summed E-state index contributed by atoms with van der Waals surface area (Å²) in [5.41, 5.74) is 0.819. The summed E-state index contributed by atoms with van der Waals surface area (Å²) in [7, 11) is 0. The van der Waals surface area contributed by atoms with E-state index in [9.17, 15) is 19.2 Å². The van der Waals surface area contributed by atoms with Crippen LogP contribution in [0.3, 0.4) is 0 Å². The van der Waals surface area contributed by atoms with E-state index in [-0.39, 0.29) is 31.2 Å². The second kappa shape index (κ2) is 12.3. The van der Waals surface area contributed by atoms with Crippen LogP contribution in [-0.2, 0) is 32.3 Å². The molecule has 0 unspecified atom stereocenters. The van der Waals surface area contributed by atoms with Crippen LogP contribution < -0.4 is 16.3 Å². The lowest BCUT2D eigenvalue weighted by Gasteiger charge is -2.18. The molecule has 2 N–H and O–H groups in total. The molecule has 1 aliphatic heterocycles. The van der Waals surface area contributed by atoms with E-state index < -0.39 is 23.5 Å². The van der Waals surface area contributed by atoms with Gasteiger partial charge >= 0.3 is 11.7 Å². The summed E-state index contributed by atoms with van der Waals surface area (Å²) in [6.45, 7) is 7.53. The Bertz CT molecular complexity index is 1150. The third kappa shape index (κ3) is 7.23. The highest BCUT2D eigenvalue weighted by Crippen LogP contribution is 2.17. The number of carbonyl (C=O) groups excluding carboxylic acids is 3. The van der Waals surface area contributed by atoms with E-state index in [2.05, 4.69) is 29.4 Å². The van der Waals surface area contributed by atoms with Gasteiger partial charge in [0.1, 0.15) is 12.2 Å². The Labute approximate surface area is 207 Å². The molecule has 1 aromatic heterocycles. The molecule has 2 aromatic rings. The van der Waals surface area contributed by atoms with Crippen molar-refractivity contribution in [3.8, 4) is 0 Å². The third-order valence-corrected chi connectivity index (χ3v) is 5.70. The highest BCUT2D eigenvalue weighted by molar-refractivity contribution is 7.80. The average Bonchev–Trinajstić information content (AvgIpc) is 3.16. The van der Waals surface area contributed by atoms with Gasteiger partial charge < -0.3 is 29.5 Å². The van der Waals surface area contributed by atoms with Gasteiger partial charge in [-0.15, -0.1) is 5.06 Å². The lowest BCUT2D eigenvalue weighted by atomic mass is 10.1. The second-order valence-corrected chi connectivity index (χ2v) is 8.15. The number of hydrogen-bond acceptors (Lipinski definition) is 9. The maximum absolute atomic E-state index is 12.3. The number of likely N-dealkylation sites (N-methyl/N-ethyl adjacent to an activating group) is 1. The smallest absolute Gasteiger partial charge is 0.432 e. The first-order valence-corrected chi connectivity index (χ1v) is 11.7. The van der Waals surface area contributed by atoms with Crippen LogP contribution in [0.5, 0.6) is 0 Å². The minimum Gasteiger partial charge on any atom is -0.466 e. The van der Waals surface area contributed by atoms with Gasteiger partial charge in [-0.1, -0.05) is 19.9 Å². The van der Waals surface area contributed by atoms with E-state index in [0.717, 1.165) is 19.6 Å². The van der Waals surface area contributed by atoms with Gasteiger partial charge in [0, 0.05) is 37.9 Å². The topological polar surface area (TPSA) is 130 Å². The van der Waals surface area contributed by atoms with Gasteiger partial charge in [0.15, 0.2) is 0 Å². The number of fused-ring (bicyclic) bond motifs is 1. The van der Waals surface area contributed by atoms with Gasteiger partial charge in [0.05, 0.1) is 5.56 Å². The van der Waals surface area contributed by atoms with Gasteiger partial charge in [0.25, 0.3) is 17.0 Å². The quantitative estimate of drug-likeness (QED) is 0.281. The van der Waals surface area contributed by atoms with Gasteiger partial charge in [0.2, 0.25) is 0 Å². The number of nitrogens with one attached hydrogen (secondary N) is 2. The Kier molecular flexibility index (Phi) is 9.15. The maximum atomic E-state index is 12.3. The normalized spacial score (nSPS) is 13.4. The molecule has 12 heteroatoms. The predicted octanol–water partition coefficient (Wildman–Crippen LogP) is 1.82. The molecule has 0 bridgehead atoms. The second-order valence-electron chi connectivity index (χ2n) is 7.78.